The van der Waals surface area contributed by atoms with Gasteiger partial charge in [-0.1, -0.05) is 20.8 Å². The summed E-state index contributed by atoms with van der Waals surface area (Å²) in [5, 5.41) is 17.9. The number of carbonyl (C=O) groups is 1. The van der Waals surface area contributed by atoms with Crippen molar-refractivity contribution in [3.8, 4) is 11.5 Å². The van der Waals surface area contributed by atoms with Gasteiger partial charge in [0.05, 0.1) is 16.6 Å². The predicted octanol–water partition coefficient (Wildman–Crippen LogP) is 6.38. The Morgan fingerprint density at radius 1 is 1.27 bits per heavy atom. The highest BCUT2D eigenvalue weighted by Crippen LogP contribution is 2.48. The van der Waals surface area contributed by atoms with Crippen molar-refractivity contribution in [2.24, 2.45) is 11.3 Å². The standard InChI is InChI=1S/C22H26Br2N2O3S/c1-5-29-13-9-12(16(23)17(24)18(13)27)19-25-20(28)15-11-7-6-10(22(2,3)4)8-14(11)30-21(15)26-19/h9-10,19,26-27H,5-8H2,1-4H3,(H,25,28). The number of halogens is 2. The number of anilines is 1. The molecule has 0 saturated carbocycles. The number of benzene rings is 1. The van der Waals surface area contributed by atoms with Gasteiger partial charge in [-0.05, 0) is 81.0 Å². The van der Waals surface area contributed by atoms with Crippen molar-refractivity contribution in [3.63, 3.8) is 0 Å². The Morgan fingerprint density at radius 3 is 2.67 bits per heavy atom. The van der Waals surface area contributed by atoms with Gasteiger partial charge in [0, 0.05) is 14.9 Å². The number of carbonyl (C=O) groups excluding carboxylic acids is 1. The van der Waals surface area contributed by atoms with Gasteiger partial charge in [-0.15, -0.1) is 11.3 Å². The lowest BCUT2D eigenvalue weighted by molar-refractivity contribution is 0.0934. The van der Waals surface area contributed by atoms with Crippen LogP contribution in [0.3, 0.4) is 0 Å². The molecule has 1 aliphatic heterocycles. The van der Waals surface area contributed by atoms with E-state index in [1.165, 1.54) is 10.4 Å². The van der Waals surface area contributed by atoms with Crippen molar-refractivity contribution in [2.45, 2.75) is 53.1 Å². The van der Waals surface area contributed by atoms with Gasteiger partial charge >= 0.3 is 0 Å². The second-order valence-electron chi connectivity index (χ2n) is 8.94. The van der Waals surface area contributed by atoms with Crippen molar-refractivity contribution in [2.75, 3.05) is 11.9 Å². The number of amides is 1. The Kier molecular flexibility index (Phi) is 5.87. The summed E-state index contributed by atoms with van der Waals surface area (Å²) < 4.78 is 6.75. The fourth-order valence-electron chi connectivity index (χ4n) is 4.28. The van der Waals surface area contributed by atoms with Crippen LogP contribution in [0.2, 0.25) is 0 Å². The van der Waals surface area contributed by atoms with Crippen LogP contribution < -0.4 is 15.4 Å². The van der Waals surface area contributed by atoms with E-state index in [0.29, 0.717) is 27.2 Å². The fourth-order valence-corrected chi connectivity index (χ4v) is 6.59. The van der Waals surface area contributed by atoms with Crippen LogP contribution in [0.25, 0.3) is 0 Å². The number of ether oxygens (including phenoxy) is 1. The molecule has 2 heterocycles. The molecular formula is C22H26Br2N2O3S. The SMILES string of the molecule is CCOc1cc(C2NC(=O)c3c(sc4c3CCC(C(C)(C)C)C4)N2)c(Br)c(Br)c1O. The molecule has 1 aromatic heterocycles. The van der Waals surface area contributed by atoms with Crippen LogP contribution in [0, 0.1) is 11.3 Å². The van der Waals surface area contributed by atoms with E-state index in [-0.39, 0.29) is 17.1 Å². The molecule has 1 aromatic carbocycles. The Morgan fingerprint density at radius 2 is 2.00 bits per heavy atom. The number of phenols is 1. The first kappa shape index (κ1) is 22.0. The molecule has 2 aliphatic rings. The number of hydrogen-bond donors (Lipinski definition) is 3. The number of nitrogens with one attached hydrogen (secondary N) is 2. The van der Waals surface area contributed by atoms with Crippen molar-refractivity contribution in [3.05, 3.63) is 36.6 Å². The number of aromatic hydroxyl groups is 1. The zero-order valence-electron chi connectivity index (χ0n) is 17.5. The summed E-state index contributed by atoms with van der Waals surface area (Å²) in [5.41, 5.74) is 3.07. The molecule has 1 amide bonds. The van der Waals surface area contributed by atoms with Gasteiger partial charge in [0.1, 0.15) is 11.2 Å². The summed E-state index contributed by atoms with van der Waals surface area (Å²) in [4.78, 5) is 14.4. The van der Waals surface area contributed by atoms with Gasteiger partial charge in [0.2, 0.25) is 0 Å². The van der Waals surface area contributed by atoms with Crippen LogP contribution in [-0.4, -0.2) is 17.6 Å². The second-order valence-corrected chi connectivity index (χ2v) is 11.6. The number of fused-ring (bicyclic) bond motifs is 3. The summed E-state index contributed by atoms with van der Waals surface area (Å²) in [6, 6.07) is 1.76. The smallest absolute Gasteiger partial charge is 0.256 e. The van der Waals surface area contributed by atoms with Crippen molar-refractivity contribution in [1.82, 2.24) is 5.32 Å². The lowest BCUT2D eigenvalue weighted by Gasteiger charge is -2.34. The molecule has 3 N–H and O–H groups in total. The molecule has 162 valence electrons. The fraction of sp³-hybridized carbons (Fsp3) is 0.500. The first-order valence-electron chi connectivity index (χ1n) is 10.2. The summed E-state index contributed by atoms with van der Waals surface area (Å²) >= 11 is 8.68. The Labute approximate surface area is 197 Å². The van der Waals surface area contributed by atoms with Gasteiger partial charge in [-0.3, -0.25) is 4.79 Å². The van der Waals surface area contributed by atoms with E-state index < -0.39 is 6.17 Å². The highest BCUT2D eigenvalue weighted by Gasteiger charge is 2.37. The number of hydrogen-bond acceptors (Lipinski definition) is 5. The first-order chi connectivity index (χ1) is 14.1. The molecule has 2 unspecified atom stereocenters. The van der Waals surface area contributed by atoms with E-state index in [1.54, 1.807) is 17.4 Å². The number of rotatable bonds is 3. The quantitative estimate of drug-likeness (QED) is 0.409. The van der Waals surface area contributed by atoms with Crippen LogP contribution >= 0.6 is 43.2 Å². The van der Waals surface area contributed by atoms with E-state index in [2.05, 4.69) is 63.3 Å². The largest absolute Gasteiger partial charge is 0.503 e. The summed E-state index contributed by atoms with van der Waals surface area (Å²) in [6.07, 6.45) is 2.67. The molecule has 5 nitrogen and oxygen atoms in total. The van der Waals surface area contributed by atoms with Crippen LogP contribution in [-0.2, 0) is 12.8 Å². The average Bonchev–Trinajstić information content (AvgIpc) is 3.05. The van der Waals surface area contributed by atoms with Crippen molar-refractivity contribution < 1.29 is 14.6 Å². The van der Waals surface area contributed by atoms with Crippen LogP contribution in [0.4, 0.5) is 5.00 Å². The molecule has 0 spiro atoms. The van der Waals surface area contributed by atoms with Crippen LogP contribution in [0.15, 0.2) is 15.0 Å². The maximum absolute atomic E-state index is 13.1. The lowest BCUT2D eigenvalue weighted by atomic mass is 9.72. The van der Waals surface area contributed by atoms with Crippen LogP contribution in [0.1, 0.15) is 66.6 Å². The van der Waals surface area contributed by atoms with Gasteiger partial charge in [-0.25, -0.2) is 0 Å². The third-order valence-corrected chi connectivity index (χ3v) is 9.40. The van der Waals surface area contributed by atoms with Crippen molar-refractivity contribution >= 4 is 54.1 Å². The molecule has 0 radical (unpaired) electrons. The third-order valence-electron chi connectivity index (χ3n) is 6.05. The van der Waals surface area contributed by atoms with E-state index in [1.807, 2.05) is 6.92 Å². The second kappa shape index (κ2) is 8.02. The molecule has 0 bridgehead atoms. The minimum absolute atomic E-state index is 0.0371. The highest BCUT2D eigenvalue weighted by molar-refractivity contribution is 9.13. The first-order valence-corrected chi connectivity index (χ1v) is 12.6. The molecule has 8 heteroatoms. The Balaban J connectivity index is 1.69. The van der Waals surface area contributed by atoms with Gasteiger partial charge < -0.3 is 20.5 Å². The third kappa shape index (κ3) is 3.75. The molecule has 30 heavy (non-hydrogen) atoms. The van der Waals surface area contributed by atoms with E-state index in [0.717, 1.165) is 35.4 Å². The topological polar surface area (TPSA) is 70.6 Å². The molecule has 1 aliphatic carbocycles. The van der Waals surface area contributed by atoms with Crippen LogP contribution in [0.5, 0.6) is 11.5 Å². The maximum atomic E-state index is 13.1. The van der Waals surface area contributed by atoms with E-state index >= 15 is 0 Å². The zero-order valence-corrected chi connectivity index (χ0v) is 21.5. The predicted molar refractivity (Wildman–Crippen MR) is 128 cm³/mol. The summed E-state index contributed by atoms with van der Waals surface area (Å²) in [7, 11) is 0. The number of thiophene rings is 1. The maximum Gasteiger partial charge on any atom is 0.256 e. The average molecular weight is 558 g/mol. The molecule has 0 fully saturated rings. The molecule has 0 saturated heterocycles. The van der Waals surface area contributed by atoms with Gasteiger partial charge in [-0.2, -0.15) is 0 Å². The zero-order chi connectivity index (χ0) is 21.8. The summed E-state index contributed by atoms with van der Waals surface area (Å²) in [5.74, 6) is 0.993. The minimum Gasteiger partial charge on any atom is -0.503 e. The van der Waals surface area contributed by atoms with E-state index in [9.17, 15) is 9.90 Å². The molecule has 4 rings (SSSR count). The molecule has 2 atom stereocenters. The van der Waals surface area contributed by atoms with Gasteiger partial charge in [0.25, 0.3) is 5.91 Å². The monoisotopic (exact) mass is 556 g/mol. The minimum atomic E-state index is -0.422. The van der Waals surface area contributed by atoms with E-state index in [4.69, 9.17) is 4.74 Å². The Hall–Kier alpha value is -1.25. The summed E-state index contributed by atoms with van der Waals surface area (Å²) in [6.45, 7) is 9.19. The highest BCUT2D eigenvalue weighted by atomic mass is 79.9. The Bertz CT molecular complexity index is 1010. The van der Waals surface area contributed by atoms with Crippen molar-refractivity contribution in [1.29, 1.82) is 0 Å². The normalized spacial score (nSPS) is 20.8. The molecular weight excluding hydrogens is 532 g/mol. The van der Waals surface area contributed by atoms with Gasteiger partial charge in [0.15, 0.2) is 11.5 Å². The number of phenolic OH excluding ortho intramolecular Hbond substituents is 1. The molecule has 2 aromatic rings. The lowest BCUT2D eigenvalue weighted by Crippen LogP contribution is -2.38.